The Bertz CT molecular complexity index is 547. The van der Waals surface area contributed by atoms with Gasteiger partial charge in [-0.25, -0.2) is 4.79 Å². The molecule has 1 fully saturated rings. The number of rotatable bonds is 3. The molecule has 1 aromatic rings. The summed E-state index contributed by atoms with van der Waals surface area (Å²) in [5.41, 5.74) is 0.813. The van der Waals surface area contributed by atoms with Crippen molar-refractivity contribution in [3.05, 3.63) is 23.3 Å². The first-order valence-electron chi connectivity index (χ1n) is 5.45. The molecule has 1 aliphatic rings. The lowest BCUT2D eigenvalue weighted by molar-refractivity contribution is -0.151. The summed E-state index contributed by atoms with van der Waals surface area (Å²) in [6.45, 7) is 0. The molecular weight excluding hydrogens is 252 g/mol. The van der Waals surface area contributed by atoms with Crippen molar-refractivity contribution < 1.29 is 28.9 Å². The molecule has 0 unspecified atom stereocenters. The van der Waals surface area contributed by atoms with Crippen LogP contribution in [-0.4, -0.2) is 31.3 Å². The quantitative estimate of drug-likeness (QED) is 0.503. The second-order valence-electron chi connectivity index (χ2n) is 3.88. The Balaban J connectivity index is 2.43. The lowest BCUT2D eigenvalue weighted by Crippen LogP contribution is -1.97. The minimum absolute atomic E-state index is 0.0651. The van der Waals surface area contributed by atoms with Crippen LogP contribution in [0.25, 0.3) is 6.08 Å². The molecule has 1 aromatic carbocycles. The number of carbonyl (C=O) groups is 2. The monoisotopic (exact) mass is 264 g/mol. The number of hydrogen-bond donors (Lipinski definition) is 1. The number of esters is 2. The minimum atomic E-state index is -0.656. The third-order valence-corrected chi connectivity index (χ3v) is 2.65. The summed E-state index contributed by atoms with van der Waals surface area (Å²) in [6.07, 6.45) is 1.43. The Hall–Kier alpha value is -2.50. The van der Waals surface area contributed by atoms with E-state index in [0.717, 1.165) is 0 Å². The molecule has 1 saturated heterocycles. The summed E-state index contributed by atoms with van der Waals surface area (Å²) in [5, 5.41) is 9.75. The van der Waals surface area contributed by atoms with Crippen molar-refractivity contribution in [2.45, 2.75) is 6.42 Å². The van der Waals surface area contributed by atoms with E-state index in [9.17, 15) is 14.7 Å². The predicted molar refractivity (Wildman–Crippen MR) is 64.9 cm³/mol. The van der Waals surface area contributed by atoms with Crippen LogP contribution in [0.2, 0.25) is 0 Å². The fraction of sp³-hybridized carbons (Fsp3) is 0.231. The Morgan fingerprint density at radius 3 is 2.21 bits per heavy atom. The molecule has 6 nitrogen and oxygen atoms in total. The van der Waals surface area contributed by atoms with E-state index < -0.39 is 11.9 Å². The van der Waals surface area contributed by atoms with Crippen LogP contribution in [0.5, 0.6) is 17.2 Å². The number of benzene rings is 1. The first-order chi connectivity index (χ1) is 9.05. The molecular formula is C13H12O6. The van der Waals surface area contributed by atoms with Crippen LogP contribution < -0.4 is 9.47 Å². The Morgan fingerprint density at radius 2 is 1.79 bits per heavy atom. The maximum Gasteiger partial charge on any atom is 0.342 e. The maximum absolute atomic E-state index is 11.3. The molecule has 0 amide bonds. The first-order valence-corrected chi connectivity index (χ1v) is 5.45. The molecule has 6 heteroatoms. The number of methoxy groups -OCH3 is 2. The molecule has 0 aliphatic carbocycles. The fourth-order valence-corrected chi connectivity index (χ4v) is 1.74. The van der Waals surface area contributed by atoms with Gasteiger partial charge in [0, 0.05) is 5.57 Å². The van der Waals surface area contributed by atoms with E-state index in [4.69, 9.17) is 9.47 Å². The van der Waals surface area contributed by atoms with Crippen molar-refractivity contribution >= 4 is 18.0 Å². The molecule has 1 aliphatic heterocycles. The number of hydrogen-bond acceptors (Lipinski definition) is 6. The highest BCUT2D eigenvalue weighted by molar-refractivity contribution is 6.08. The zero-order valence-electron chi connectivity index (χ0n) is 10.4. The topological polar surface area (TPSA) is 82.1 Å². The van der Waals surface area contributed by atoms with Crippen LogP contribution in [0.1, 0.15) is 12.0 Å². The summed E-state index contributed by atoms with van der Waals surface area (Å²) < 4.78 is 14.4. The van der Waals surface area contributed by atoms with Crippen LogP contribution in [0.4, 0.5) is 0 Å². The Kier molecular flexibility index (Phi) is 3.41. The lowest BCUT2D eigenvalue weighted by atomic mass is 10.1. The molecule has 1 N–H and O–H groups in total. The third kappa shape index (κ3) is 2.52. The smallest absolute Gasteiger partial charge is 0.342 e. The van der Waals surface area contributed by atoms with Gasteiger partial charge in [0.05, 0.1) is 20.6 Å². The van der Waals surface area contributed by atoms with Crippen molar-refractivity contribution in [2.24, 2.45) is 0 Å². The molecule has 0 saturated carbocycles. The molecule has 19 heavy (non-hydrogen) atoms. The summed E-state index contributed by atoms with van der Waals surface area (Å²) in [4.78, 5) is 22.3. The number of ether oxygens (including phenoxy) is 3. The summed E-state index contributed by atoms with van der Waals surface area (Å²) in [6, 6.07) is 3.06. The van der Waals surface area contributed by atoms with E-state index >= 15 is 0 Å². The van der Waals surface area contributed by atoms with Crippen LogP contribution in [-0.2, 0) is 14.3 Å². The van der Waals surface area contributed by atoms with E-state index in [1.54, 1.807) is 0 Å². The first kappa shape index (κ1) is 12.9. The summed E-state index contributed by atoms with van der Waals surface area (Å²) in [5.74, 6) is -0.935. The van der Waals surface area contributed by atoms with Crippen LogP contribution >= 0.6 is 0 Å². The van der Waals surface area contributed by atoms with Gasteiger partial charge >= 0.3 is 11.9 Å². The van der Waals surface area contributed by atoms with Gasteiger partial charge in [-0.15, -0.1) is 0 Å². The highest BCUT2D eigenvalue weighted by Crippen LogP contribution is 2.38. The van der Waals surface area contributed by atoms with Gasteiger partial charge in [0.15, 0.2) is 11.5 Å². The zero-order valence-corrected chi connectivity index (χ0v) is 10.4. The van der Waals surface area contributed by atoms with E-state index in [1.165, 1.54) is 32.4 Å². The van der Waals surface area contributed by atoms with Crippen molar-refractivity contribution in [3.8, 4) is 17.2 Å². The zero-order chi connectivity index (χ0) is 14.0. The van der Waals surface area contributed by atoms with E-state index in [2.05, 4.69) is 4.74 Å². The standard InChI is InChI=1S/C13H12O6/c1-17-9-4-7(5-10(18-2)12(9)15)3-8-6-11(14)19-13(8)16/h3-5,15H,6H2,1-2H3. The van der Waals surface area contributed by atoms with Gasteiger partial charge in [-0.1, -0.05) is 0 Å². The molecule has 0 atom stereocenters. The number of phenolic OH excluding ortho intramolecular Hbond substituents is 1. The van der Waals surface area contributed by atoms with Crippen LogP contribution in [0.3, 0.4) is 0 Å². The average Bonchev–Trinajstić information content (AvgIpc) is 2.69. The van der Waals surface area contributed by atoms with Gasteiger partial charge in [0.1, 0.15) is 0 Å². The number of cyclic esters (lactones) is 2. The maximum atomic E-state index is 11.3. The summed E-state index contributed by atoms with van der Waals surface area (Å²) in [7, 11) is 2.80. The van der Waals surface area contributed by atoms with Gasteiger partial charge in [-0.3, -0.25) is 4.79 Å². The van der Waals surface area contributed by atoms with Gasteiger partial charge in [0.25, 0.3) is 0 Å². The van der Waals surface area contributed by atoms with E-state index in [-0.39, 0.29) is 29.2 Å². The number of carbonyl (C=O) groups excluding carboxylic acids is 2. The van der Waals surface area contributed by atoms with E-state index in [1.807, 2.05) is 0 Å². The van der Waals surface area contributed by atoms with Gasteiger partial charge in [-0.2, -0.15) is 0 Å². The van der Waals surface area contributed by atoms with Crippen molar-refractivity contribution in [1.29, 1.82) is 0 Å². The van der Waals surface area contributed by atoms with Gasteiger partial charge in [-0.05, 0) is 23.8 Å². The van der Waals surface area contributed by atoms with Crippen molar-refractivity contribution in [2.75, 3.05) is 14.2 Å². The van der Waals surface area contributed by atoms with Gasteiger partial charge < -0.3 is 19.3 Å². The highest BCUT2D eigenvalue weighted by atomic mass is 16.6. The summed E-state index contributed by atoms with van der Waals surface area (Å²) >= 11 is 0. The molecule has 0 radical (unpaired) electrons. The molecule has 1 heterocycles. The predicted octanol–water partition coefficient (Wildman–Crippen LogP) is 1.27. The molecule has 100 valence electrons. The number of aromatic hydroxyl groups is 1. The molecule has 0 bridgehead atoms. The van der Waals surface area contributed by atoms with Gasteiger partial charge in [0.2, 0.25) is 5.75 Å². The Labute approximate surface area is 109 Å². The minimum Gasteiger partial charge on any atom is -0.502 e. The van der Waals surface area contributed by atoms with E-state index in [0.29, 0.717) is 5.56 Å². The second-order valence-corrected chi connectivity index (χ2v) is 3.88. The van der Waals surface area contributed by atoms with Crippen LogP contribution in [0, 0.1) is 0 Å². The fourth-order valence-electron chi connectivity index (χ4n) is 1.74. The SMILES string of the molecule is COc1cc(C=C2CC(=O)OC2=O)cc(OC)c1O. The number of phenols is 1. The molecule has 2 rings (SSSR count). The average molecular weight is 264 g/mol. The lowest BCUT2D eigenvalue weighted by Gasteiger charge is -2.09. The highest BCUT2D eigenvalue weighted by Gasteiger charge is 2.27. The van der Waals surface area contributed by atoms with Crippen LogP contribution in [0.15, 0.2) is 17.7 Å². The normalized spacial score (nSPS) is 16.6. The Morgan fingerprint density at radius 1 is 1.21 bits per heavy atom. The largest absolute Gasteiger partial charge is 0.502 e. The molecule has 0 aromatic heterocycles. The second kappa shape index (κ2) is 5.01. The van der Waals surface area contributed by atoms with Crippen molar-refractivity contribution in [1.82, 2.24) is 0 Å². The van der Waals surface area contributed by atoms with Crippen molar-refractivity contribution in [3.63, 3.8) is 0 Å². The third-order valence-electron chi connectivity index (χ3n) is 2.65. The molecule has 0 spiro atoms.